The van der Waals surface area contributed by atoms with Gasteiger partial charge in [0.2, 0.25) is 11.6 Å². The molecule has 2 atom stereocenters. The molecule has 0 rings (SSSR count). The van der Waals surface area contributed by atoms with E-state index in [1.54, 1.807) is 13.8 Å². The fourth-order valence-electron chi connectivity index (χ4n) is 0.454. The quantitative estimate of drug-likeness (QED) is 0.306. The summed E-state index contributed by atoms with van der Waals surface area (Å²) in [5.41, 5.74) is 0. The second-order valence-electron chi connectivity index (χ2n) is 3.32. The molecule has 0 aliphatic rings. The fourth-order valence-corrected chi connectivity index (χ4v) is 0.454. The first-order valence-corrected chi connectivity index (χ1v) is 4.67. The van der Waals surface area contributed by atoms with Gasteiger partial charge in [0.25, 0.3) is 0 Å². The van der Waals surface area contributed by atoms with E-state index in [2.05, 4.69) is 9.78 Å². The lowest BCUT2D eigenvalue weighted by molar-refractivity contribution is -0.566. The van der Waals surface area contributed by atoms with E-state index in [0.29, 0.717) is 12.8 Å². The second-order valence-corrected chi connectivity index (χ2v) is 3.32. The van der Waals surface area contributed by atoms with Crippen molar-refractivity contribution in [2.75, 3.05) is 0 Å². The second kappa shape index (κ2) is 8.79. The Bertz CT molecular complexity index is 136. The Balaban J connectivity index is 0. The molecule has 8 heteroatoms. The highest BCUT2D eigenvalue weighted by atomic mass is 17.3. The molecule has 0 aromatic rings. The van der Waals surface area contributed by atoms with E-state index in [9.17, 15) is 0 Å². The van der Waals surface area contributed by atoms with Crippen LogP contribution in [0.4, 0.5) is 0 Å². The Hall–Kier alpha value is -0.320. The number of hydrogen-bond acceptors (Lipinski definition) is 8. The fraction of sp³-hybridized carbons (Fsp3) is 1.00. The summed E-state index contributed by atoms with van der Waals surface area (Å²) >= 11 is 0. The molecule has 0 fully saturated rings. The van der Waals surface area contributed by atoms with Gasteiger partial charge in [-0.05, 0) is 13.8 Å². The van der Waals surface area contributed by atoms with Crippen molar-refractivity contribution in [3.8, 4) is 0 Å². The standard InChI is InChI=1S/C8H18O6.H2O2/c1-5-7(3,11-9)13-14-8(4,6-2)12-10;1-2/h9-10H,5-6H2,1-4H3;1-2H. The van der Waals surface area contributed by atoms with Gasteiger partial charge in [0.15, 0.2) is 0 Å². The van der Waals surface area contributed by atoms with Crippen LogP contribution in [-0.2, 0) is 19.6 Å². The van der Waals surface area contributed by atoms with Crippen LogP contribution in [-0.4, -0.2) is 32.6 Å². The third-order valence-electron chi connectivity index (χ3n) is 2.06. The maximum Gasteiger partial charge on any atom is 0.230 e. The Kier molecular flexibility index (Phi) is 9.92. The Morgan fingerprint density at radius 2 is 1.06 bits per heavy atom. The first-order valence-electron chi connectivity index (χ1n) is 4.67. The van der Waals surface area contributed by atoms with Gasteiger partial charge < -0.3 is 0 Å². The molecule has 16 heavy (non-hydrogen) atoms. The van der Waals surface area contributed by atoms with Crippen LogP contribution in [0.25, 0.3) is 0 Å². The van der Waals surface area contributed by atoms with E-state index in [1.807, 2.05) is 0 Å². The van der Waals surface area contributed by atoms with Gasteiger partial charge in [-0.3, -0.25) is 10.5 Å². The van der Waals surface area contributed by atoms with Gasteiger partial charge in [-0.15, -0.1) is 0 Å². The Labute approximate surface area is 93.6 Å². The average Bonchev–Trinajstić information content (AvgIpc) is 2.38. The third-order valence-corrected chi connectivity index (χ3v) is 2.06. The topological polar surface area (TPSA) is 118 Å². The van der Waals surface area contributed by atoms with Crippen molar-refractivity contribution in [2.45, 2.75) is 52.1 Å². The predicted octanol–water partition coefficient (Wildman–Crippen LogP) is 2.18. The lowest BCUT2D eigenvalue weighted by Gasteiger charge is -2.29. The highest BCUT2D eigenvalue weighted by molar-refractivity contribution is 4.57. The monoisotopic (exact) mass is 244 g/mol. The summed E-state index contributed by atoms with van der Waals surface area (Å²) < 4.78 is 0. The minimum absolute atomic E-state index is 0.370. The summed E-state index contributed by atoms with van der Waals surface area (Å²) in [6, 6.07) is 0. The van der Waals surface area contributed by atoms with Gasteiger partial charge in [-0.25, -0.2) is 20.3 Å². The summed E-state index contributed by atoms with van der Waals surface area (Å²) in [6.45, 7) is 6.45. The van der Waals surface area contributed by atoms with Crippen molar-refractivity contribution in [3.05, 3.63) is 0 Å². The van der Waals surface area contributed by atoms with Crippen LogP contribution in [0.15, 0.2) is 0 Å². The lowest BCUT2D eigenvalue weighted by Crippen LogP contribution is -2.38. The molecule has 0 heterocycles. The van der Waals surface area contributed by atoms with Crippen LogP contribution in [0.1, 0.15) is 40.5 Å². The molecule has 0 aliphatic heterocycles. The highest BCUT2D eigenvalue weighted by Gasteiger charge is 2.33. The van der Waals surface area contributed by atoms with Crippen molar-refractivity contribution in [1.29, 1.82) is 0 Å². The van der Waals surface area contributed by atoms with Crippen LogP contribution < -0.4 is 0 Å². The maximum atomic E-state index is 8.52. The molecule has 100 valence electrons. The molecule has 0 spiro atoms. The van der Waals surface area contributed by atoms with Crippen molar-refractivity contribution >= 4 is 0 Å². The van der Waals surface area contributed by atoms with Crippen LogP contribution in [0.3, 0.4) is 0 Å². The minimum atomic E-state index is -1.27. The van der Waals surface area contributed by atoms with Crippen molar-refractivity contribution in [3.63, 3.8) is 0 Å². The maximum absolute atomic E-state index is 8.52. The van der Waals surface area contributed by atoms with E-state index in [4.69, 9.17) is 30.8 Å². The van der Waals surface area contributed by atoms with Crippen LogP contribution in [0, 0.1) is 0 Å². The molecule has 8 nitrogen and oxygen atoms in total. The molecule has 0 saturated carbocycles. The molecular formula is C8H20O8. The summed E-state index contributed by atoms with van der Waals surface area (Å²) in [4.78, 5) is 17.8. The minimum Gasteiger partial charge on any atom is -0.255 e. The highest BCUT2D eigenvalue weighted by Crippen LogP contribution is 2.22. The van der Waals surface area contributed by atoms with E-state index in [0.717, 1.165) is 0 Å². The molecule has 0 amide bonds. The van der Waals surface area contributed by atoms with Crippen molar-refractivity contribution in [1.82, 2.24) is 0 Å². The molecule has 0 aromatic heterocycles. The van der Waals surface area contributed by atoms with E-state index < -0.39 is 11.6 Å². The number of hydrogen-bond donors (Lipinski definition) is 4. The molecule has 0 saturated heterocycles. The zero-order valence-electron chi connectivity index (χ0n) is 9.84. The first kappa shape index (κ1) is 18.1. The molecule has 4 N–H and O–H groups in total. The van der Waals surface area contributed by atoms with Crippen molar-refractivity contribution < 1.29 is 40.6 Å². The normalized spacial score (nSPS) is 18.0. The van der Waals surface area contributed by atoms with Gasteiger partial charge in [-0.1, -0.05) is 13.8 Å². The smallest absolute Gasteiger partial charge is 0.230 e. The average molecular weight is 244 g/mol. The van der Waals surface area contributed by atoms with Gasteiger partial charge in [-0.2, -0.15) is 9.78 Å². The summed E-state index contributed by atoms with van der Waals surface area (Å²) in [7, 11) is 0. The van der Waals surface area contributed by atoms with Gasteiger partial charge in [0.05, 0.1) is 0 Å². The summed E-state index contributed by atoms with van der Waals surface area (Å²) in [5.74, 6) is -2.54. The van der Waals surface area contributed by atoms with Crippen LogP contribution >= 0.6 is 0 Å². The zero-order chi connectivity index (χ0) is 13.2. The summed E-state index contributed by atoms with van der Waals surface area (Å²) in [5, 5.41) is 29.0. The predicted molar refractivity (Wildman–Crippen MR) is 52.2 cm³/mol. The molecule has 0 aliphatic carbocycles. The van der Waals surface area contributed by atoms with E-state index in [-0.39, 0.29) is 0 Å². The molecule has 0 aromatic carbocycles. The molecular weight excluding hydrogens is 224 g/mol. The van der Waals surface area contributed by atoms with Gasteiger partial charge in [0, 0.05) is 12.8 Å². The van der Waals surface area contributed by atoms with Gasteiger partial charge >= 0.3 is 0 Å². The molecule has 0 bridgehead atoms. The van der Waals surface area contributed by atoms with E-state index in [1.165, 1.54) is 13.8 Å². The number of rotatable bonds is 7. The van der Waals surface area contributed by atoms with E-state index >= 15 is 0 Å². The Morgan fingerprint density at radius 1 is 0.812 bits per heavy atom. The van der Waals surface area contributed by atoms with Crippen molar-refractivity contribution in [2.24, 2.45) is 0 Å². The molecule has 2 unspecified atom stereocenters. The first-order chi connectivity index (χ1) is 7.45. The third kappa shape index (κ3) is 6.30. The SMILES string of the molecule is CCC(C)(OO)OOC(C)(CC)OO.OO. The summed E-state index contributed by atoms with van der Waals surface area (Å²) in [6.07, 6.45) is 0.740. The van der Waals surface area contributed by atoms with Crippen LogP contribution in [0.5, 0.6) is 0 Å². The Morgan fingerprint density at radius 3 is 1.19 bits per heavy atom. The van der Waals surface area contributed by atoms with Crippen LogP contribution in [0.2, 0.25) is 0 Å². The molecule has 0 radical (unpaired) electrons. The zero-order valence-corrected chi connectivity index (χ0v) is 9.84. The largest absolute Gasteiger partial charge is 0.255 e. The lowest BCUT2D eigenvalue weighted by atomic mass is 10.2. The van der Waals surface area contributed by atoms with Gasteiger partial charge in [0.1, 0.15) is 0 Å².